The van der Waals surface area contributed by atoms with Crippen LogP contribution in [0.1, 0.15) is 62.8 Å². The van der Waals surface area contributed by atoms with Gasteiger partial charge in [-0.05, 0) is 70.2 Å². The third kappa shape index (κ3) is 4.32. The molecule has 0 fully saturated rings. The highest BCUT2D eigenvalue weighted by Crippen LogP contribution is 2.63. The van der Waals surface area contributed by atoms with Crippen molar-refractivity contribution in [1.82, 2.24) is 0 Å². The van der Waals surface area contributed by atoms with Gasteiger partial charge in [-0.3, -0.25) is 0 Å². The van der Waals surface area contributed by atoms with Crippen LogP contribution in [0.2, 0.25) is 0 Å². The number of halogens is 8. The Hall–Kier alpha value is -4.48. The fourth-order valence-electron chi connectivity index (χ4n) is 7.11. The molecular formula is C33H26F8N2O2. The standard InChI is InChI=1S/C33H26F8N2O2/c1-31(2)11-33(17-9-13(5-7-15(17)31)44-29-23(38)19(34)21(36)27(42)25(29)40)12-32(3,4)16-8-6-14(10-18(16)33)45-30-24(39)20(35)22(37)28(43)26(30)41/h5-10H,11-12,42-43H2,1-4H3. The molecule has 0 unspecified atom stereocenters. The molecule has 236 valence electrons. The smallest absolute Gasteiger partial charge is 0.207 e. The number of benzene rings is 4. The lowest BCUT2D eigenvalue weighted by Crippen LogP contribution is -2.27. The Bertz CT molecular complexity index is 1740. The van der Waals surface area contributed by atoms with E-state index in [1.54, 1.807) is 24.3 Å². The summed E-state index contributed by atoms with van der Waals surface area (Å²) in [6.45, 7) is 7.99. The number of ether oxygens (including phenoxy) is 2. The SMILES string of the molecule is CC1(C)CC2(CC(C)(C)c3ccc(Oc4c(F)c(N)c(F)c(F)c4F)cc32)c2cc(Oc3c(F)c(N)c(F)c(F)c3F)ccc21. The van der Waals surface area contributed by atoms with E-state index in [4.69, 9.17) is 20.9 Å². The number of hydrogen-bond acceptors (Lipinski definition) is 4. The molecule has 0 amide bonds. The molecule has 4 nitrogen and oxygen atoms in total. The van der Waals surface area contributed by atoms with E-state index in [-0.39, 0.29) is 11.5 Å². The minimum Gasteiger partial charge on any atom is -0.451 e. The van der Waals surface area contributed by atoms with Crippen molar-refractivity contribution in [3.05, 3.63) is 105 Å². The third-order valence-corrected chi connectivity index (χ3v) is 8.91. The number of rotatable bonds is 4. The van der Waals surface area contributed by atoms with Crippen LogP contribution in [0.4, 0.5) is 46.5 Å². The summed E-state index contributed by atoms with van der Waals surface area (Å²) >= 11 is 0. The molecule has 0 saturated carbocycles. The Morgan fingerprint density at radius 3 is 1.20 bits per heavy atom. The van der Waals surface area contributed by atoms with E-state index >= 15 is 0 Å². The molecule has 0 aliphatic heterocycles. The predicted octanol–water partition coefficient (Wildman–Crippen LogP) is 9.20. The van der Waals surface area contributed by atoms with Crippen molar-refractivity contribution in [2.45, 2.75) is 56.8 Å². The highest BCUT2D eigenvalue weighted by atomic mass is 19.2. The largest absolute Gasteiger partial charge is 0.451 e. The van der Waals surface area contributed by atoms with E-state index in [1.165, 1.54) is 12.1 Å². The summed E-state index contributed by atoms with van der Waals surface area (Å²) in [5.41, 5.74) is 9.47. The maximum absolute atomic E-state index is 14.7. The van der Waals surface area contributed by atoms with Gasteiger partial charge in [0.2, 0.25) is 34.8 Å². The number of anilines is 2. The van der Waals surface area contributed by atoms with Gasteiger partial charge in [-0.25, -0.2) is 26.3 Å². The Labute approximate surface area is 252 Å². The van der Waals surface area contributed by atoms with Gasteiger partial charge in [0, 0.05) is 5.41 Å². The van der Waals surface area contributed by atoms with Crippen molar-refractivity contribution >= 4 is 11.4 Å². The van der Waals surface area contributed by atoms with E-state index in [9.17, 15) is 35.1 Å². The monoisotopic (exact) mass is 634 g/mol. The number of fused-ring (bicyclic) bond motifs is 4. The normalized spacial score (nSPS) is 17.0. The Kier molecular flexibility index (Phi) is 6.62. The Balaban J connectivity index is 1.49. The first kappa shape index (κ1) is 30.5. The molecule has 45 heavy (non-hydrogen) atoms. The van der Waals surface area contributed by atoms with Gasteiger partial charge in [0.25, 0.3) is 0 Å². The van der Waals surface area contributed by atoms with Gasteiger partial charge < -0.3 is 20.9 Å². The molecule has 1 spiro atoms. The van der Waals surface area contributed by atoms with Crippen molar-refractivity contribution in [3.8, 4) is 23.0 Å². The second-order valence-corrected chi connectivity index (χ2v) is 12.8. The predicted molar refractivity (Wildman–Crippen MR) is 150 cm³/mol. The maximum Gasteiger partial charge on any atom is 0.207 e. The first-order chi connectivity index (χ1) is 20.9. The zero-order valence-corrected chi connectivity index (χ0v) is 24.4. The highest BCUT2D eigenvalue weighted by molar-refractivity contribution is 5.63. The maximum atomic E-state index is 14.7. The first-order valence-electron chi connectivity index (χ1n) is 13.8. The summed E-state index contributed by atoms with van der Waals surface area (Å²) in [5.74, 6) is -17.3. The minimum absolute atomic E-state index is 0.0888. The summed E-state index contributed by atoms with van der Waals surface area (Å²) in [4.78, 5) is 0. The zero-order valence-electron chi connectivity index (χ0n) is 24.4. The lowest BCUT2D eigenvalue weighted by molar-refractivity contribution is 0.347. The van der Waals surface area contributed by atoms with Crippen LogP contribution in [0.5, 0.6) is 23.0 Å². The van der Waals surface area contributed by atoms with Crippen LogP contribution in [0.15, 0.2) is 36.4 Å². The molecule has 0 atom stereocenters. The van der Waals surface area contributed by atoms with E-state index < -0.39 is 85.7 Å². The van der Waals surface area contributed by atoms with Crippen molar-refractivity contribution in [2.24, 2.45) is 0 Å². The molecule has 0 bridgehead atoms. The lowest BCUT2D eigenvalue weighted by Gasteiger charge is -2.30. The fourth-order valence-corrected chi connectivity index (χ4v) is 7.11. The fraction of sp³-hybridized carbons (Fsp3) is 0.273. The third-order valence-electron chi connectivity index (χ3n) is 8.91. The molecule has 6 rings (SSSR count). The Morgan fingerprint density at radius 2 is 0.844 bits per heavy atom. The zero-order chi connectivity index (χ0) is 33.0. The van der Waals surface area contributed by atoms with Crippen molar-refractivity contribution < 1.29 is 44.6 Å². The quantitative estimate of drug-likeness (QED) is 0.102. The minimum atomic E-state index is -1.99. The average molecular weight is 635 g/mol. The molecule has 4 aromatic rings. The van der Waals surface area contributed by atoms with Crippen LogP contribution in [0.3, 0.4) is 0 Å². The summed E-state index contributed by atoms with van der Waals surface area (Å²) < 4.78 is 125. The van der Waals surface area contributed by atoms with E-state index in [0.29, 0.717) is 24.0 Å². The van der Waals surface area contributed by atoms with E-state index in [1.807, 2.05) is 27.7 Å². The van der Waals surface area contributed by atoms with Crippen LogP contribution in [0, 0.1) is 46.5 Å². The molecule has 0 radical (unpaired) electrons. The van der Waals surface area contributed by atoms with Crippen molar-refractivity contribution in [1.29, 1.82) is 0 Å². The first-order valence-corrected chi connectivity index (χ1v) is 13.8. The van der Waals surface area contributed by atoms with E-state index in [2.05, 4.69) is 0 Å². The van der Waals surface area contributed by atoms with Gasteiger partial charge in [-0.1, -0.05) is 39.8 Å². The van der Waals surface area contributed by atoms with Gasteiger partial charge >= 0.3 is 0 Å². The van der Waals surface area contributed by atoms with Gasteiger partial charge in [-0.2, -0.15) is 8.78 Å². The van der Waals surface area contributed by atoms with Gasteiger partial charge in [-0.15, -0.1) is 0 Å². The highest BCUT2D eigenvalue weighted by Gasteiger charge is 2.56. The van der Waals surface area contributed by atoms with Crippen LogP contribution in [0.25, 0.3) is 0 Å². The lowest BCUT2D eigenvalue weighted by atomic mass is 9.72. The molecule has 0 heterocycles. The molecule has 4 aromatic carbocycles. The molecule has 12 heteroatoms. The van der Waals surface area contributed by atoms with Gasteiger partial charge in [0.1, 0.15) is 22.9 Å². The molecular weight excluding hydrogens is 608 g/mol. The summed E-state index contributed by atoms with van der Waals surface area (Å²) in [6, 6.07) is 9.39. The summed E-state index contributed by atoms with van der Waals surface area (Å²) in [6.07, 6.45) is 1.03. The van der Waals surface area contributed by atoms with Crippen LogP contribution < -0.4 is 20.9 Å². The molecule has 2 aliphatic rings. The average Bonchev–Trinajstić information content (AvgIpc) is 3.36. The van der Waals surface area contributed by atoms with Gasteiger partial charge in [0.15, 0.2) is 23.3 Å². The summed E-state index contributed by atoms with van der Waals surface area (Å²) in [7, 11) is 0. The molecule has 0 aromatic heterocycles. The van der Waals surface area contributed by atoms with Crippen molar-refractivity contribution in [3.63, 3.8) is 0 Å². The number of hydrogen-bond donors (Lipinski definition) is 2. The molecule has 0 saturated heterocycles. The Morgan fingerprint density at radius 1 is 0.489 bits per heavy atom. The van der Waals surface area contributed by atoms with Crippen LogP contribution >= 0.6 is 0 Å². The number of nitrogen functional groups attached to an aromatic ring is 2. The summed E-state index contributed by atoms with van der Waals surface area (Å²) in [5, 5.41) is 0. The topological polar surface area (TPSA) is 70.5 Å². The second kappa shape index (κ2) is 9.76. The molecule has 4 N–H and O–H groups in total. The molecule has 2 aliphatic carbocycles. The second-order valence-electron chi connectivity index (χ2n) is 12.8. The van der Waals surface area contributed by atoms with Crippen LogP contribution in [-0.4, -0.2) is 0 Å². The van der Waals surface area contributed by atoms with Gasteiger partial charge in [0.05, 0.1) is 0 Å². The van der Waals surface area contributed by atoms with Crippen molar-refractivity contribution in [2.75, 3.05) is 11.5 Å². The number of nitrogens with two attached hydrogens (primary N) is 2. The van der Waals surface area contributed by atoms with Crippen LogP contribution in [-0.2, 0) is 16.2 Å². The van der Waals surface area contributed by atoms with E-state index in [0.717, 1.165) is 11.1 Å².